The molecule has 3 nitrogen and oxygen atoms in total. The average molecular weight is 347 g/mol. The molecule has 0 aliphatic carbocycles. The SMILES string of the molecule is Cc1cncc(-c2cscc2-c2ccc(S(C)(=O)=O)c(F)c2)c1. The van der Waals surface area contributed by atoms with Gasteiger partial charge in [0.05, 0.1) is 0 Å². The Morgan fingerprint density at radius 1 is 1.04 bits per heavy atom. The highest BCUT2D eigenvalue weighted by Crippen LogP contribution is 2.36. The normalized spacial score (nSPS) is 11.6. The second kappa shape index (κ2) is 5.86. The maximum atomic E-state index is 14.1. The van der Waals surface area contributed by atoms with E-state index in [2.05, 4.69) is 4.98 Å². The molecule has 2 heterocycles. The third-order valence-electron chi connectivity index (χ3n) is 3.49. The molecule has 0 N–H and O–H groups in total. The number of aromatic nitrogens is 1. The Kier molecular flexibility index (Phi) is 4.04. The molecule has 0 radical (unpaired) electrons. The lowest BCUT2D eigenvalue weighted by atomic mass is 9.99. The molecule has 0 unspecified atom stereocenters. The average Bonchev–Trinajstić information content (AvgIpc) is 2.95. The van der Waals surface area contributed by atoms with Gasteiger partial charge >= 0.3 is 0 Å². The molecule has 2 aromatic heterocycles. The van der Waals surface area contributed by atoms with Crippen LogP contribution in [-0.4, -0.2) is 19.7 Å². The number of rotatable bonds is 3. The van der Waals surface area contributed by atoms with E-state index in [4.69, 9.17) is 0 Å². The van der Waals surface area contributed by atoms with Crippen molar-refractivity contribution < 1.29 is 12.8 Å². The van der Waals surface area contributed by atoms with E-state index >= 15 is 0 Å². The first kappa shape index (κ1) is 15.8. The summed E-state index contributed by atoms with van der Waals surface area (Å²) in [5, 5.41) is 3.90. The van der Waals surface area contributed by atoms with E-state index in [1.807, 2.05) is 23.8 Å². The lowest BCUT2D eigenvalue weighted by Gasteiger charge is -2.07. The summed E-state index contributed by atoms with van der Waals surface area (Å²) >= 11 is 1.51. The fourth-order valence-electron chi connectivity index (χ4n) is 2.42. The lowest BCUT2D eigenvalue weighted by molar-refractivity contribution is 0.571. The summed E-state index contributed by atoms with van der Waals surface area (Å²) in [7, 11) is -3.57. The molecule has 0 saturated heterocycles. The molecule has 1 aromatic carbocycles. The van der Waals surface area contributed by atoms with Crippen LogP contribution in [0, 0.1) is 12.7 Å². The van der Waals surface area contributed by atoms with Crippen LogP contribution in [0.1, 0.15) is 5.56 Å². The predicted molar refractivity (Wildman–Crippen MR) is 90.8 cm³/mol. The van der Waals surface area contributed by atoms with Gasteiger partial charge < -0.3 is 0 Å². The van der Waals surface area contributed by atoms with E-state index in [1.54, 1.807) is 18.5 Å². The van der Waals surface area contributed by atoms with Crippen LogP contribution >= 0.6 is 11.3 Å². The fourth-order valence-corrected chi connectivity index (χ4v) is 4.01. The molecule has 0 atom stereocenters. The zero-order valence-electron chi connectivity index (χ0n) is 12.6. The molecule has 0 saturated carbocycles. The number of sulfone groups is 1. The molecule has 6 heteroatoms. The van der Waals surface area contributed by atoms with Crippen molar-refractivity contribution in [3.8, 4) is 22.3 Å². The number of benzene rings is 1. The third kappa shape index (κ3) is 3.18. The van der Waals surface area contributed by atoms with Crippen LogP contribution in [0.3, 0.4) is 0 Å². The van der Waals surface area contributed by atoms with Crippen LogP contribution in [-0.2, 0) is 9.84 Å². The number of halogens is 1. The monoisotopic (exact) mass is 347 g/mol. The van der Waals surface area contributed by atoms with Crippen LogP contribution < -0.4 is 0 Å². The van der Waals surface area contributed by atoms with Gasteiger partial charge in [0, 0.05) is 35.3 Å². The van der Waals surface area contributed by atoms with Crippen molar-refractivity contribution in [1.29, 1.82) is 0 Å². The van der Waals surface area contributed by atoms with E-state index in [9.17, 15) is 12.8 Å². The number of aryl methyl sites for hydroxylation is 1. The molecule has 118 valence electrons. The van der Waals surface area contributed by atoms with E-state index in [0.29, 0.717) is 5.56 Å². The van der Waals surface area contributed by atoms with Gasteiger partial charge in [0.15, 0.2) is 9.84 Å². The summed E-state index contributed by atoms with van der Waals surface area (Å²) in [5.41, 5.74) is 4.46. The van der Waals surface area contributed by atoms with E-state index in [-0.39, 0.29) is 4.90 Å². The third-order valence-corrected chi connectivity index (χ3v) is 5.36. The Labute approximate surface area is 138 Å². The Morgan fingerprint density at radius 2 is 1.74 bits per heavy atom. The van der Waals surface area contributed by atoms with Gasteiger partial charge in [0.1, 0.15) is 10.7 Å². The van der Waals surface area contributed by atoms with Crippen molar-refractivity contribution in [2.24, 2.45) is 0 Å². The highest BCUT2D eigenvalue weighted by atomic mass is 32.2. The van der Waals surface area contributed by atoms with Gasteiger partial charge in [-0.3, -0.25) is 4.98 Å². The van der Waals surface area contributed by atoms with E-state index in [0.717, 1.165) is 28.5 Å². The first-order valence-corrected chi connectivity index (χ1v) is 9.68. The van der Waals surface area contributed by atoms with E-state index < -0.39 is 15.7 Å². The topological polar surface area (TPSA) is 47.0 Å². The molecular formula is C17H14FNO2S2. The molecule has 0 spiro atoms. The first-order valence-electron chi connectivity index (χ1n) is 6.84. The summed E-state index contributed by atoms with van der Waals surface area (Å²) in [6, 6.07) is 6.23. The fraction of sp³-hybridized carbons (Fsp3) is 0.118. The van der Waals surface area contributed by atoms with Gasteiger partial charge in [-0.1, -0.05) is 6.07 Å². The van der Waals surface area contributed by atoms with Gasteiger partial charge in [0.25, 0.3) is 0 Å². The van der Waals surface area contributed by atoms with Crippen LogP contribution in [0.2, 0.25) is 0 Å². The molecule has 3 rings (SSSR count). The Hall–Kier alpha value is -2.05. The summed E-state index contributed by atoms with van der Waals surface area (Å²) in [5.74, 6) is -0.732. The number of hydrogen-bond acceptors (Lipinski definition) is 4. The molecule has 0 bridgehead atoms. The predicted octanol–water partition coefficient (Wildman–Crippen LogP) is 4.33. The van der Waals surface area contributed by atoms with Crippen LogP contribution in [0.4, 0.5) is 4.39 Å². The summed E-state index contributed by atoms with van der Waals surface area (Å²) in [6.45, 7) is 1.96. The van der Waals surface area contributed by atoms with Crippen molar-refractivity contribution in [1.82, 2.24) is 4.98 Å². The van der Waals surface area contributed by atoms with Crippen molar-refractivity contribution >= 4 is 21.2 Å². The van der Waals surface area contributed by atoms with Gasteiger partial charge in [-0.15, -0.1) is 0 Å². The smallest absolute Gasteiger partial charge is 0.178 e. The molecule has 3 aromatic rings. The Morgan fingerprint density at radius 3 is 2.35 bits per heavy atom. The Balaban J connectivity index is 2.11. The second-order valence-corrected chi connectivity index (χ2v) is 8.10. The van der Waals surface area contributed by atoms with Crippen molar-refractivity contribution in [2.75, 3.05) is 6.26 Å². The molecule has 23 heavy (non-hydrogen) atoms. The molecule has 0 aliphatic rings. The van der Waals surface area contributed by atoms with Gasteiger partial charge in [-0.25, -0.2) is 12.8 Å². The van der Waals surface area contributed by atoms with E-state index in [1.165, 1.54) is 23.5 Å². The number of thiophene rings is 1. The zero-order valence-corrected chi connectivity index (χ0v) is 14.2. The maximum absolute atomic E-state index is 14.1. The minimum Gasteiger partial charge on any atom is -0.264 e. The summed E-state index contributed by atoms with van der Waals surface area (Å²) < 4.78 is 37.2. The molecule has 0 aliphatic heterocycles. The Bertz CT molecular complexity index is 978. The van der Waals surface area contributed by atoms with Gasteiger partial charge in [0.2, 0.25) is 0 Å². The minimum absolute atomic E-state index is 0.282. The zero-order chi connectivity index (χ0) is 16.6. The standard InChI is InChI=1S/C17H14FNO2S2/c1-11-5-13(8-19-7-11)15-10-22-9-14(15)12-3-4-17(16(18)6-12)23(2,20)21/h3-10H,1-2H3. The highest BCUT2D eigenvalue weighted by molar-refractivity contribution is 7.90. The molecule has 0 fully saturated rings. The largest absolute Gasteiger partial charge is 0.264 e. The van der Waals surface area contributed by atoms with Gasteiger partial charge in [-0.05, 0) is 47.0 Å². The molecule has 0 amide bonds. The van der Waals surface area contributed by atoms with Crippen LogP contribution in [0.25, 0.3) is 22.3 Å². The molecular weight excluding hydrogens is 333 g/mol. The summed E-state index contributed by atoms with van der Waals surface area (Å²) in [6.07, 6.45) is 4.54. The highest BCUT2D eigenvalue weighted by Gasteiger charge is 2.16. The maximum Gasteiger partial charge on any atom is 0.178 e. The second-order valence-electron chi connectivity index (χ2n) is 5.37. The van der Waals surface area contributed by atoms with Crippen LogP contribution in [0.5, 0.6) is 0 Å². The van der Waals surface area contributed by atoms with Crippen molar-refractivity contribution in [2.45, 2.75) is 11.8 Å². The van der Waals surface area contributed by atoms with Crippen LogP contribution in [0.15, 0.2) is 52.3 Å². The quantitative estimate of drug-likeness (QED) is 0.708. The lowest BCUT2D eigenvalue weighted by Crippen LogP contribution is -2.00. The van der Waals surface area contributed by atoms with Crippen molar-refractivity contribution in [3.05, 3.63) is 58.8 Å². The number of nitrogens with zero attached hydrogens (tertiary/aromatic N) is 1. The first-order chi connectivity index (χ1) is 10.9. The van der Waals surface area contributed by atoms with Crippen molar-refractivity contribution in [3.63, 3.8) is 0 Å². The summed E-state index contributed by atoms with van der Waals surface area (Å²) in [4.78, 5) is 3.91. The minimum atomic E-state index is -3.57. The number of hydrogen-bond donors (Lipinski definition) is 0. The number of pyridine rings is 1. The van der Waals surface area contributed by atoms with Gasteiger partial charge in [-0.2, -0.15) is 11.3 Å².